The normalized spacial score (nSPS) is 10.5. The first kappa shape index (κ1) is 14.3. The summed E-state index contributed by atoms with van der Waals surface area (Å²) in [5.74, 6) is 0. The molecule has 4 heteroatoms. The summed E-state index contributed by atoms with van der Waals surface area (Å²) in [6.45, 7) is 2.03. The molecule has 0 aliphatic heterocycles. The molecule has 0 aromatic heterocycles. The van der Waals surface area contributed by atoms with Crippen molar-refractivity contribution in [1.82, 2.24) is 5.32 Å². The highest BCUT2D eigenvalue weighted by molar-refractivity contribution is 9.10. The Morgan fingerprint density at radius 1 is 1.15 bits per heavy atom. The summed E-state index contributed by atoms with van der Waals surface area (Å²) in [7, 11) is 0. The van der Waals surface area contributed by atoms with Crippen molar-refractivity contribution in [3.63, 3.8) is 0 Å². The molecule has 0 saturated carbocycles. The van der Waals surface area contributed by atoms with Gasteiger partial charge >= 0.3 is 6.03 Å². The highest BCUT2D eigenvalue weighted by Crippen LogP contribution is 2.15. The fourth-order valence-electron chi connectivity index (χ4n) is 1.71. The van der Waals surface area contributed by atoms with Gasteiger partial charge in [0, 0.05) is 16.4 Å². The van der Waals surface area contributed by atoms with E-state index in [0.29, 0.717) is 0 Å². The predicted octanol–water partition coefficient (Wildman–Crippen LogP) is 4.55. The van der Waals surface area contributed by atoms with Gasteiger partial charge in [0.15, 0.2) is 0 Å². The maximum Gasteiger partial charge on any atom is 0.323 e. The first-order chi connectivity index (χ1) is 9.65. The zero-order valence-corrected chi connectivity index (χ0v) is 12.6. The number of hydrogen-bond donors (Lipinski definition) is 2. The van der Waals surface area contributed by atoms with Gasteiger partial charge in [-0.3, -0.25) is 0 Å². The van der Waals surface area contributed by atoms with E-state index in [1.54, 1.807) is 6.20 Å². The Hall–Kier alpha value is -2.07. The maximum absolute atomic E-state index is 11.7. The molecule has 102 valence electrons. The van der Waals surface area contributed by atoms with E-state index in [1.807, 2.05) is 61.5 Å². The quantitative estimate of drug-likeness (QED) is 0.851. The van der Waals surface area contributed by atoms with E-state index in [9.17, 15) is 4.79 Å². The number of urea groups is 1. The molecule has 2 amide bonds. The molecule has 2 aromatic rings. The average Bonchev–Trinajstić information content (AvgIpc) is 2.41. The van der Waals surface area contributed by atoms with E-state index in [2.05, 4.69) is 26.6 Å². The Kier molecular flexibility index (Phi) is 4.96. The van der Waals surface area contributed by atoms with Crippen molar-refractivity contribution >= 4 is 33.7 Å². The van der Waals surface area contributed by atoms with Crippen LogP contribution < -0.4 is 10.6 Å². The molecule has 2 rings (SSSR count). The highest BCUT2D eigenvalue weighted by atomic mass is 79.9. The zero-order valence-electron chi connectivity index (χ0n) is 11.1. The fraction of sp³-hybridized carbons (Fsp3) is 0.0625. The summed E-state index contributed by atoms with van der Waals surface area (Å²) in [6.07, 6.45) is 3.51. The number of amides is 2. The van der Waals surface area contributed by atoms with Crippen LogP contribution in [0, 0.1) is 6.92 Å². The van der Waals surface area contributed by atoms with Gasteiger partial charge in [0.1, 0.15) is 0 Å². The first-order valence-corrected chi connectivity index (χ1v) is 7.00. The van der Waals surface area contributed by atoms with Crippen LogP contribution in [-0.4, -0.2) is 6.03 Å². The largest absolute Gasteiger partial charge is 0.323 e. The lowest BCUT2D eigenvalue weighted by atomic mass is 10.1. The minimum absolute atomic E-state index is 0.270. The van der Waals surface area contributed by atoms with Crippen molar-refractivity contribution in [3.8, 4) is 0 Å². The minimum atomic E-state index is -0.270. The number of anilines is 1. The smallest absolute Gasteiger partial charge is 0.314 e. The van der Waals surface area contributed by atoms with Crippen LogP contribution in [-0.2, 0) is 0 Å². The van der Waals surface area contributed by atoms with Crippen molar-refractivity contribution in [2.24, 2.45) is 0 Å². The van der Waals surface area contributed by atoms with Crippen LogP contribution in [0.4, 0.5) is 10.5 Å². The Balaban J connectivity index is 1.91. The Morgan fingerprint density at radius 2 is 1.95 bits per heavy atom. The molecule has 0 aliphatic carbocycles. The van der Waals surface area contributed by atoms with Gasteiger partial charge in [-0.15, -0.1) is 0 Å². The van der Waals surface area contributed by atoms with Gasteiger partial charge in [-0.1, -0.05) is 46.3 Å². The van der Waals surface area contributed by atoms with E-state index in [4.69, 9.17) is 0 Å². The van der Waals surface area contributed by atoms with Crippen molar-refractivity contribution < 1.29 is 4.79 Å². The number of aryl methyl sites for hydroxylation is 1. The molecule has 0 heterocycles. The maximum atomic E-state index is 11.7. The van der Waals surface area contributed by atoms with E-state index < -0.39 is 0 Å². The monoisotopic (exact) mass is 330 g/mol. The third kappa shape index (κ3) is 4.24. The van der Waals surface area contributed by atoms with Crippen molar-refractivity contribution in [3.05, 3.63) is 70.3 Å². The number of carbonyl (C=O) groups excluding carboxylic acids is 1. The molecule has 2 aromatic carbocycles. The molecule has 0 spiro atoms. The van der Waals surface area contributed by atoms with Gasteiger partial charge in [0.05, 0.1) is 0 Å². The molecule has 20 heavy (non-hydrogen) atoms. The second-order valence-electron chi connectivity index (χ2n) is 4.30. The number of carbonyl (C=O) groups is 1. The van der Waals surface area contributed by atoms with Gasteiger partial charge in [0.2, 0.25) is 0 Å². The van der Waals surface area contributed by atoms with Crippen LogP contribution in [0.1, 0.15) is 11.1 Å². The summed E-state index contributed by atoms with van der Waals surface area (Å²) in [5, 5.41) is 5.43. The lowest BCUT2D eigenvalue weighted by molar-refractivity contribution is 0.255. The molecule has 0 radical (unpaired) electrons. The fourth-order valence-corrected chi connectivity index (χ4v) is 2.11. The summed E-state index contributed by atoms with van der Waals surface area (Å²) >= 11 is 3.36. The van der Waals surface area contributed by atoms with E-state index in [0.717, 1.165) is 21.3 Å². The van der Waals surface area contributed by atoms with Crippen molar-refractivity contribution in [2.45, 2.75) is 6.92 Å². The van der Waals surface area contributed by atoms with E-state index in [-0.39, 0.29) is 6.03 Å². The average molecular weight is 331 g/mol. The second kappa shape index (κ2) is 6.91. The van der Waals surface area contributed by atoms with Crippen LogP contribution in [0.3, 0.4) is 0 Å². The van der Waals surface area contributed by atoms with E-state index in [1.165, 1.54) is 0 Å². The van der Waals surface area contributed by atoms with Gasteiger partial charge in [-0.2, -0.15) is 0 Å². The van der Waals surface area contributed by atoms with Gasteiger partial charge in [-0.05, 0) is 42.3 Å². The molecule has 0 atom stereocenters. The number of rotatable bonds is 3. The number of hydrogen-bond acceptors (Lipinski definition) is 1. The van der Waals surface area contributed by atoms with Crippen LogP contribution in [0.5, 0.6) is 0 Å². The molecule has 2 N–H and O–H groups in total. The summed E-state index contributed by atoms with van der Waals surface area (Å²) in [4.78, 5) is 11.7. The lowest BCUT2D eigenvalue weighted by Crippen LogP contribution is -2.23. The number of halogens is 1. The summed E-state index contributed by atoms with van der Waals surface area (Å²) in [5.41, 5.74) is 2.98. The first-order valence-electron chi connectivity index (χ1n) is 6.20. The SMILES string of the molecule is Cc1ccccc1/C=C/NC(=O)Nc1cccc(Br)c1. The Bertz CT molecular complexity index is 638. The third-order valence-corrected chi connectivity index (χ3v) is 3.24. The molecule has 0 bridgehead atoms. The molecule has 3 nitrogen and oxygen atoms in total. The van der Waals surface area contributed by atoms with Crippen LogP contribution >= 0.6 is 15.9 Å². The molecule has 0 saturated heterocycles. The zero-order chi connectivity index (χ0) is 14.4. The third-order valence-electron chi connectivity index (χ3n) is 2.75. The van der Waals surface area contributed by atoms with Crippen LogP contribution in [0.15, 0.2) is 59.2 Å². The van der Waals surface area contributed by atoms with E-state index >= 15 is 0 Å². The molecule has 0 fully saturated rings. The molecular formula is C16H15BrN2O. The highest BCUT2D eigenvalue weighted by Gasteiger charge is 1.99. The minimum Gasteiger partial charge on any atom is -0.314 e. The lowest BCUT2D eigenvalue weighted by Gasteiger charge is -2.05. The van der Waals surface area contributed by atoms with Crippen molar-refractivity contribution in [1.29, 1.82) is 0 Å². The van der Waals surface area contributed by atoms with Crippen LogP contribution in [0.2, 0.25) is 0 Å². The van der Waals surface area contributed by atoms with Gasteiger partial charge in [-0.25, -0.2) is 4.79 Å². The number of nitrogens with one attached hydrogen (secondary N) is 2. The predicted molar refractivity (Wildman–Crippen MR) is 86.5 cm³/mol. The standard InChI is InChI=1S/C16H15BrN2O/c1-12-5-2-3-6-13(12)9-10-18-16(20)19-15-8-4-7-14(17)11-15/h2-11H,1H3,(H2,18,19,20)/b10-9+. The van der Waals surface area contributed by atoms with Crippen molar-refractivity contribution in [2.75, 3.05) is 5.32 Å². The van der Waals surface area contributed by atoms with Gasteiger partial charge < -0.3 is 10.6 Å². The van der Waals surface area contributed by atoms with Crippen LogP contribution in [0.25, 0.3) is 6.08 Å². The Morgan fingerprint density at radius 3 is 2.70 bits per heavy atom. The molecular weight excluding hydrogens is 316 g/mol. The Labute approximate surface area is 126 Å². The van der Waals surface area contributed by atoms with Gasteiger partial charge in [0.25, 0.3) is 0 Å². The molecule has 0 aliphatic rings. The second-order valence-corrected chi connectivity index (χ2v) is 5.21. The number of benzene rings is 2. The summed E-state index contributed by atoms with van der Waals surface area (Å²) < 4.78 is 0.922. The summed E-state index contributed by atoms with van der Waals surface area (Å²) in [6, 6.07) is 15.1. The topological polar surface area (TPSA) is 41.1 Å². The molecule has 0 unspecified atom stereocenters.